The van der Waals surface area contributed by atoms with Gasteiger partial charge in [0.05, 0.1) is 6.20 Å². The zero-order valence-electron chi connectivity index (χ0n) is 13.3. The summed E-state index contributed by atoms with van der Waals surface area (Å²) in [5.41, 5.74) is 2.82. The molecule has 1 fully saturated rings. The van der Waals surface area contributed by atoms with Gasteiger partial charge in [0.1, 0.15) is 0 Å². The van der Waals surface area contributed by atoms with Crippen LogP contribution in [-0.2, 0) is 11.8 Å². The van der Waals surface area contributed by atoms with Crippen molar-refractivity contribution in [2.75, 3.05) is 5.32 Å². The lowest BCUT2D eigenvalue weighted by Crippen LogP contribution is -2.24. The van der Waals surface area contributed by atoms with Crippen molar-refractivity contribution in [2.45, 2.75) is 37.0 Å². The Labute approximate surface area is 140 Å². The third-order valence-corrected chi connectivity index (χ3v) is 4.83. The number of aromatic nitrogens is 2. The molecule has 0 atom stereocenters. The summed E-state index contributed by atoms with van der Waals surface area (Å²) in [7, 11) is 1.89. The zero-order valence-corrected chi connectivity index (χ0v) is 14.1. The van der Waals surface area contributed by atoms with Gasteiger partial charge in [0.25, 0.3) is 0 Å². The van der Waals surface area contributed by atoms with Crippen LogP contribution in [0.2, 0.25) is 0 Å². The summed E-state index contributed by atoms with van der Waals surface area (Å²) in [5, 5.41) is 13.0. The fourth-order valence-electron chi connectivity index (χ4n) is 3.09. The minimum absolute atomic E-state index is 0.126. The first-order chi connectivity index (χ1) is 11.2. The molecule has 1 aliphatic carbocycles. The van der Waals surface area contributed by atoms with E-state index in [4.69, 9.17) is 5.14 Å². The molecule has 1 aliphatic rings. The molecule has 3 rings (SSSR count). The maximum atomic E-state index is 12.5. The number of amides is 1. The van der Waals surface area contributed by atoms with Crippen LogP contribution in [-0.4, -0.2) is 15.7 Å². The number of anilines is 1. The lowest BCUT2D eigenvalue weighted by atomic mass is 9.88. The highest BCUT2D eigenvalue weighted by molar-refractivity contribution is 7.97. The van der Waals surface area contributed by atoms with Crippen LogP contribution in [0.5, 0.6) is 0 Å². The second-order valence-electron chi connectivity index (χ2n) is 6.09. The van der Waals surface area contributed by atoms with Crippen LogP contribution in [0.15, 0.2) is 35.5 Å². The van der Waals surface area contributed by atoms with Crippen molar-refractivity contribution in [3.05, 3.63) is 30.6 Å². The van der Waals surface area contributed by atoms with Gasteiger partial charge in [-0.05, 0) is 48.6 Å². The van der Waals surface area contributed by atoms with E-state index >= 15 is 0 Å². The average Bonchev–Trinajstić information content (AvgIpc) is 3.02. The highest BCUT2D eigenvalue weighted by Crippen LogP contribution is 2.29. The Morgan fingerprint density at radius 1 is 1.26 bits per heavy atom. The van der Waals surface area contributed by atoms with Crippen molar-refractivity contribution in [3.63, 3.8) is 0 Å². The molecule has 0 unspecified atom stereocenters. The molecule has 2 aromatic rings. The maximum absolute atomic E-state index is 12.5. The number of benzene rings is 1. The third-order valence-electron chi connectivity index (χ3n) is 4.32. The molecule has 0 bridgehead atoms. The van der Waals surface area contributed by atoms with Crippen molar-refractivity contribution in [3.8, 4) is 11.1 Å². The van der Waals surface area contributed by atoms with Gasteiger partial charge in [-0.3, -0.25) is 14.6 Å². The molecule has 122 valence electrons. The number of rotatable bonds is 4. The van der Waals surface area contributed by atoms with E-state index in [9.17, 15) is 4.79 Å². The van der Waals surface area contributed by atoms with E-state index in [2.05, 4.69) is 10.4 Å². The van der Waals surface area contributed by atoms with Gasteiger partial charge < -0.3 is 5.32 Å². The summed E-state index contributed by atoms with van der Waals surface area (Å²) >= 11 is 1.18. The Bertz CT molecular complexity index is 692. The lowest BCUT2D eigenvalue weighted by Gasteiger charge is -2.21. The molecule has 0 spiro atoms. The number of carbonyl (C=O) groups is 1. The zero-order chi connectivity index (χ0) is 16.2. The van der Waals surface area contributed by atoms with E-state index in [1.54, 1.807) is 4.68 Å². The van der Waals surface area contributed by atoms with E-state index in [-0.39, 0.29) is 11.8 Å². The van der Waals surface area contributed by atoms with Gasteiger partial charge in [0.15, 0.2) is 0 Å². The van der Waals surface area contributed by atoms with Crippen molar-refractivity contribution >= 4 is 23.5 Å². The summed E-state index contributed by atoms with van der Waals surface area (Å²) in [5.74, 6) is 0.265. The molecule has 6 heteroatoms. The van der Waals surface area contributed by atoms with Crippen LogP contribution in [0.4, 0.5) is 5.69 Å². The quantitative estimate of drug-likeness (QED) is 0.841. The fourth-order valence-corrected chi connectivity index (χ4v) is 3.48. The minimum Gasteiger partial charge on any atom is -0.326 e. The van der Waals surface area contributed by atoms with Crippen LogP contribution in [0.25, 0.3) is 11.1 Å². The number of hydrogen-bond donors (Lipinski definition) is 2. The molecule has 3 N–H and O–H groups in total. The van der Waals surface area contributed by atoms with Crippen LogP contribution in [0.3, 0.4) is 0 Å². The normalized spacial score (nSPS) is 15.6. The second kappa shape index (κ2) is 7.19. The van der Waals surface area contributed by atoms with Crippen molar-refractivity contribution in [1.29, 1.82) is 0 Å². The first kappa shape index (κ1) is 16.1. The molecule has 1 saturated carbocycles. The molecule has 0 saturated heterocycles. The van der Waals surface area contributed by atoms with E-state index in [1.807, 2.05) is 37.6 Å². The van der Waals surface area contributed by atoms with E-state index in [1.165, 1.54) is 18.4 Å². The highest BCUT2D eigenvalue weighted by Gasteiger charge is 2.21. The number of aryl methyl sites for hydroxylation is 1. The predicted octanol–water partition coefficient (Wildman–Crippen LogP) is 3.57. The topological polar surface area (TPSA) is 72.9 Å². The number of nitrogens with two attached hydrogens (primary N) is 1. The van der Waals surface area contributed by atoms with Gasteiger partial charge in [-0.2, -0.15) is 5.10 Å². The van der Waals surface area contributed by atoms with Crippen molar-refractivity contribution in [2.24, 2.45) is 18.1 Å². The molecule has 23 heavy (non-hydrogen) atoms. The first-order valence-corrected chi connectivity index (χ1v) is 8.85. The summed E-state index contributed by atoms with van der Waals surface area (Å²) in [6.45, 7) is 0. The van der Waals surface area contributed by atoms with E-state index in [0.29, 0.717) is 0 Å². The maximum Gasteiger partial charge on any atom is 0.227 e. The number of nitrogens with zero attached hydrogens (tertiary/aromatic N) is 2. The molecular weight excluding hydrogens is 308 g/mol. The molecule has 0 radical (unpaired) electrons. The Balaban J connectivity index is 1.82. The summed E-state index contributed by atoms with van der Waals surface area (Å²) < 4.78 is 1.76. The van der Waals surface area contributed by atoms with Gasteiger partial charge in [0, 0.05) is 35.3 Å². The van der Waals surface area contributed by atoms with Crippen LogP contribution < -0.4 is 10.5 Å². The minimum atomic E-state index is 0.126. The number of hydrogen-bond acceptors (Lipinski definition) is 4. The van der Waals surface area contributed by atoms with E-state index in [0.717, 1.165) is 47.4 Å². The number of nitrogens with one attached hydrogen (secondary N) is 1. The second-order valence-corrected chi connectivity index (χ2v) is 6.80. The Morgan fingerprint density at radius 3 is 2.70 bits per heavy atom. The van der Waals surface area contributed by atoms with Crippen LogP contribution in [0.1, 0.15) is 32.1 Å². The Hall–Kier alpha value is -1.79. The number of carbonyl (C=O) groups excluding carboxylic acids is 1. The Morgan fingerprint density at radius 2 is 2.04 bits per heavy atom. The average molecular weight is 330 g/mol. The van der Waals surface area contributed by atoms with Gasteiger partial charge in [-0.1, -0.05) is 19.3 Å². The molecule has 0 aliphatic heterocycles. The lowest BCUT2D eigenvalue weighted by molar-refractivity contribution is -0.120. The third kappa shape index (κ3) is 3.95. The summed E-state index contributed by atoms with van der Waals surface area (Å²) in [6, 6.07) is 5.92. The van der Waals surface area contributed by atoms with Crippen LogP contribution in [0, 0.1) is 5.92 Å². The standard InChI is InChI=1S/C17H22N4OS/c1-21-11-14(10-19-21)13-7-15(9-16(8-13)23-18)20-17(22)12-5-3-2-4-6-12/h7-12H,2-6,18H2,1H3,(H,20,22). The molecule has 1 amide bonds. The highest BCUT2D eigenvalue weighted by atomic mass is 32.2. The molecular formula is C17H22N4OS. The SMILES string of the molecule is Cn1cc(-c2cc(NC(=O)C3CCCCC3)cc(SN)c2)cn1. The summed E-state index contributed by atoms with van der Waals surface area (Å²) in [4.78, 5) is 13.4. The van der Waals surface area contributed by atoms with Crippen LogP contribution >= 0.6 is 11.9 Å². The Kier molecular flexibility index (Phi) is 5.03. The molecule has 1 aromatic heterocycles. The monoisotopic (exact) mass is 330 g/mol. The van der Waals surface area contributed by atoms with Gasteiger partial charge >= 0.3 is 0 Å². The molecule has 1 heterocycles. The largest absolute Gasteiger partial charge is 0.326 e. The van der Waals surface area contributed by atoms with Gasteiger partial charge in [-0.15, -0.1) is 0 Å². The first-order valence-electron chi connectivity index (χ1n) is 7.97. The van der Waals surface area contributed by atoms with Crippen molar-refractivity contribution in [1.82, 2.24) is 9.78 Å². The van der Waals surface area contributed by atoms with Gasteiger partial charge in [0.2, 0.25) is 5.91 Å². The van der Waals surface area contributed by atoms with E-state index < -0.39 is 0 Å². The molecule has 1 aromatic carbocycles. The summed E-state index contributed by atoms with van der Waals surface area (Å²) in [6.07, 6.45) is 9.29. The smallest absolute Gasteiger partial charge is 0.227 e. The predicted molar refractivity (Wildman–Crippen MR) is 93.9 cm³/mol. The molecule has 5 nitrogen and oxygen atoms in total. The van der Waals surface area contributed by atoms with Gasteiger partial charge in [-0.25, -0.2) is 0 Å². The van der Waals surface area contributed by atoms with Crippen molar-refractivity contribution < 1.29 is 4.79 Å². The fraction of sp³-hybridized carbons (Fsp3) is 0.412.